The fourth-order valence-corrected chi connectivity index (χ4v) is 2.83. The minimum absolute atomic E-state index is 0.344. The van der Waals surface area contributed by atoms with E-state index in [1.165, 1.54) is 0 Å². The number of aliphatic hydroxyl groups excluding tert-OH is 8. The molecule has 14 heteroatoms. The SMILES string of the molecule is O=C(O)[C@H](O)[C@@H](O)[C@@H](CO)O[C@@H]1OC[C@@H](O[C@@H]2OC[C@@H](O)[C@H](O)[C@H]2O)[C@H](O)[C@H]1O. The van der Waals surface area contributed by atoms with Crippen molar-refractivity contribution in [2.24, 2.45) is 0 Å². The maximum Gasteiger partial charge on any atom is 0.335 e. The zero-order chi connectivity index (χ0) is 21.9. The Labute approximate surface area is 164 Å². The lowest BCUT2D eigenvalue weighted by Gasteiger charge is -2.42. The molecule has 0 bridgehead atoms. The van der Waals surface area contributed by atoms with Crippen molar-refractivity contribution < 1.29 is 69.7 Å². The van der Waals surface area contributed by atoms with Crippen molar-refractivity contribution in [1.29, 1.82) is 0 Å². The molecule has 14 nitrogen and oxygen atoms in total. The Morgan fingerprint density at radius 3 is 2.10 bits per heavy atom. The number of rotatable bonds is 8. The molecule has 2 rings (SSSR count). The van der Waals surface area contributed by atoms with E-state index in [2.05, 4.69) is 0 Å². The van der Waals surface area contributed by atoms with Crippen LogP contribution in [0.15, 0.2) is 0 Å². The van der Waals surface area contributed by atoms with Gasteiger partial charge in [0.15, 0.2) is 18.7 Å². The molecule has 0 amide bonds. The van der Waals surface area contributed by atoms with Gasteiger partial charge in [0.2, 0.25) is 0 Å². The first-order chi connectivity index (χ1) is 13.6. The Morgan fingerprint density at radius 2 is 1.52 bits per heavy atom. The molecular weight excluding hydrogens is 404 g/mol. The normalized spacial score (nSPS) is 41.5. The van der Waals surface area contributed by atoms with E-state index in [0.29, 0.717) is 0 Å². The highest BCUT2D eigenvalue weighted by molar-refractivity contribution is 5.72. The summed E-state index contributed by atoms with van der Waals surface area (Å²) in [7, 11) is 0. The molecule has 0 unspecified atom stereocenters. The van der Waals surface area contributed by atoms with Gasteiger partial charge in [0, 0.05) is 0 Å². The number of carbonyl (C=O) groups is 1. The van der Waals surface area contributed by atoms with Crippen molar-refractivity contribution in [2.45, 2.75) is 67.5 Å². The van der Waals surface area contributed by atoms with E-state index in [9.17, 15) is 45.6 Å². The third kappa shape index (κ3) is 5.57. The van der Waals surface area contributed by atoms with Crippen molar-refractivity contribution in [3.05, 3.63) is 0 Å². The Kier molecular flexibility index (Phi) is 8.65. The predicted molar refractivity (Wildman–Crippen MR) is 86.0 cm³/mol. The highest BCUT2D eigenvalue weighted by atomic mass is 16.7. The Bertz CT molecular complexity index is 533. The molecule has 0 radical (unpaired) electrons. The highest BCUT2D eigenvalue weighted by Gasteiger charge is 2.46. The van der Waals surface area contributed by atoms with E-state index in [1.54, 1.807) is 0 Å². The molecule has 11 atom stereocenters. The average molecular weight is 430 g/mol. The first kappa shape index (κ1) is 24.3. The van der Waals surface area contributed by atoms with Crippen LogP contribution in [0.25, 0.3) is 0 Å². The van der Waals surface area contributed by atoms with Gasteiger partial charge in [-0.3, -0.25) is 0 Å². The van der Waals surface area contributed by atoms with Crippen molar-refractivity contribution in [2.75, 3.05) is 19.8 Å². The molecule has 0 saturated carbocycles. The molecule has 0 spiro atoms. The van der Waals surface area contributed by atoms with Gasteiger partial charge in [-0.25, -0.2) is 4.79 Å². The number of carboxylic acids is 1. The van der Waals surface area contributed by atoms with Gasteiger partial charge < -0.3 is 64.9 Å². The van der Waals surface area contributed by atoms with Crippen LogP contribution in [0.1, 0.15) is 0 Å². The molecule has 0 aliphatic carbocycles. The summed E-state index contributed by atoms with van der Waals surface area (Å²) < 4.78 is 20.6. The summed E-state index contributed by atoms with van der Waals surface area (Å²) in [6, 6.07) is 0. The van der Waals surface area contributed by atoms with Crippen molar-refractivity contribution in [3.63, 3.8) is 0 Å². The maximum atomic E-state index is 10.7. The smallest absolute Gasteiger partial charge is 0.335 e. The summed E-state index contributed by atoms with van der Waals surface area (Å²) in [5.74, 6) is -1.77. The molecule has 29 heavy (non-hydrogen) atoms. The summed E-state index contributed by atoms with van der Waals surface area (Å²) in [6.07, 6.45) is -18.3. The van der Waals surface area contributed by atoms with Crippen LogP contribution in [0.3, 0.4) is 0 Å². The molecular formula is C15H26O14. The lowest BCUT2D eigenvalue weighted by atomic mass is 10.0. The average Bonchev–Trinajstić information content (AvgIpc) is 2.69. The molecule has 0 aromatic heterocycles. The van der Waals surface area contributed by atoms with Crippen molar-refractivity contribution in [3.8, 4) is 0 Å². The zero-order valence-corrected chi connectivity index (χ0v) is 15.0. The first-order valence-electron chi connectivity index (χ1n) is 8.72. The standard InChI is InChI=1S/C15H26O14/c16-1-5(8(19)10(21)13(24)25)28-15-12(23)9(20)6(3-27-15)29-14-11(22)7(18)4(17)2-26-14/h4-12,14-23H,1-3H2,(H,24,25)/t4-,5-,6-,7+,8+,9+,10-,11-,12-,14+,15+/m1/s1. The highest BCUT2D eigenvalue weighted by Crippen LogP contribution is 2.25. The summed E-state index contributed by atoms with van der Waals surface area (Å²) in [5.41, 5.74) is 0. The zero-order valence-electron chi connectivity index (χ0n) is 15.0. The topological polar surface area (TPSA) is 236 Å². The van der Waals surface area contributed by atoms with Crippen LogP contribution in [0.5, 0.6) is 0 Å². The lowest BCUT2D eigenvalue weighted by Crippen LogP contribution is -2.60. The minimum Gasteiger partial charge on any atom is -0.479 e. The Balaban J connectivity index is 1.94. The van der Waals surface area contributed by atoms with Gasteiger partial charge in [-0.05, 0) is 0 Å². The predicted octanol–water partition coefficient (Wildman–Crippen LogP) is -5.93. The molecule has 0 aromatic rings. The van der Waals surface area contributed by atoms with Gasteiger partial charge in [0.25, 0.3) is 0 Å². The quantitative estimate of drug-likeness (QED) is 0.174. The van der Waals surface area contributed by atoms with E-state index in [-0.39, 0.29) is 6.61 Å². The molecule has 170 valence electrons. The fourth-order valence-electron chi connectivity index (χ4n) is 2.83. The lowest BCUT2D eigenvalue weighted by molar-refractivity contribution is -0.336. The second kappa shape index (κ2) is 10.3. The fraction of sp³-hybridized carbons (Fsp3) is 0.933. The third-order valence-electron chi connectivity index (χ3n) is 4.64. The Hall–Kier alpha value is -1.01. The van der Waals surface area contributed by atoms with Crippen molar-refractivity contribution in [1.82, 2.24) is 0 Å². The summed E-state index contributed by atoms with van der Waals surface area (Å²) in [6.45, 7) is -1.71. The number of ether oxygens (including phenoxy) is 4. The second-order valence-electron chi connectivity index (χ2n) is 6.74. The molecule has 9 N–H and O–H groups in total. The summed E-state index contributed by atoms with van der Waals surface area (Å²) in [4.78, 5) is 10.7. The monoisotopic (exact) mass is 430 g/mol. The van der Waals surface area contributed by atoms with Crippen LogP contribution in [0.4, 0.5) is 0 Å². The molecule has 2 aliphatic heterocycles. The number of hydrogen-bond donors (Lipinski definition) is 9. The number of carboxylic acid groups (broad SMARTS) is 1. The van der Waals surface area contributed by atoms with Crippen LogP contribution < -0.4 is 0 Å². The van der Waals surface area contributed by atoms with Gasteiger partial charge in [-0.15, -0.1) is 0 Å². The number of aliphatic carboxylic acids is 1. The van der Waals surface area contributed by atoms with Gasteiger partial charge in [-0.2, -0.15) is 0 Å². The van der Waals surface area contributed by atoms with Gasteiger partial charge in [0.1, 0.15) is 48.8 Å². The minimum atomic E-state index is -2.28. The van der Waals surface area contributed by atoms with Crippen LogP contribution in [-0.4, -0.2) is 139 Å². The van der Waals surface area contributed by atoms with Gasteiger partial charge >= 0.3 is 5.97 Å². The molecule has 2 heterocycles. The Morgan fingerprint density at radius 1 is 0.931 bits per heavy atom. The van der Waals surface area contributed by atoms with Crippen LogP contribution in [-0.2, 0) is 23.7 Å². The molecule has 2 aliphatic rings. The molecule has 2 saturated heterocycles. The van der Waals surface area contributed by atoms with E-state index in [0.717, 1.165) is 0 Å². The summed E-state index contributed by atoms with van der Waals surface area (Å²) >= 11 is 0. The maximum absolute atomic E-state index is 10.7. The third-order valence-corrected chi connectivity index (χ3v) is 4.64. The number of hydrogen-bond acceptors (Lipinski definition) is 13. The van der Waals surface area contributed by atoms with Crippen LogP contribution in [0, 0.1) is 0 Å². The second-order valence-corrected chi connectivity index (χ2v) is 6.74. The van der Waals surface area contributed by atoms with E-state index >= 15 is 0 Å². The largest absolute Gasteiger partial charge is 0.479 e. The number of aliphatic hydroxyl groups is 8. The van der Waals surface area contributed by atoms with Crippen molar-refractivity contribution >= 4 is 5.97 Å². The van der Waals surface area contributed by atoms with Gasteiger partial charge in [-0.1, -0.05) is 0 Å². The summed E-state index contributed by atoms with van der Waals surface area (Å²) in [5, 5.41) is 86.3. The van der Waals surface area contributed by atoms with Crippen LogP contribution in [0.2, 0.25) is 0 Å². The first-order valence-corrected chi connectivity index (χ1v) is 8.72. The van der Waals surface area contributed by atoms with E-state index < -0.39 is 86.7 Å². The van der Waals surface area contributed by atoms with E-state index in [4.69, 9.17) is 24.1 Å². The van der Waals surface area contributed by atoms with Gasteiger partial charge in [0.05, 0.1) is 19.8 Å². The molecule has 2 fully saturated rings. The molecule has 0 aromatic carbocycles. The van der Waals surface area contributed by atoms with Crippen LogP contribution >= 0.6 is 0 Å². The van der Waals surface area contributed by atoms with E-state index in [1.807, 2.05) is 0 Å².